The van der Waals surface area contributed by atoms with E-state index in [0.717, 1.165) is 56.8 Å². The van der Waals surface area contributed by atoms with Gasteiger partial charge in [-0.1, -0.05) is 77.6 Å². The zero-order valence-electron chi connectivity index (χ0n) is 25.0. The van der Waals surface area contributed by atoms with E-state index in [1.807, 2.05) is 0 Å². The Hall–Kier alpha value is -0.690. The van der Waals surface area contributed by atoms with Gasteiger partial charge in [-0.3, -0.25) is 0 Å². The summed E-state index contributed by atoms with van der Waals surface area (Å²) in [6.07, 6.45) is 26.1. The molecular formula is C33H58O6. The molecule has 0 aromatic rings. The second-order valence-corrected chi connectivity index (χ2v) is 13.3. The van der Waals surface area contributed by atoms with Gasteiger partial charge < -0.3 is 24.1 Å². The Morgan fingerprint density at radius 3 is 1.90 bits per heavy atom. The topological polar surface area (TPSA) is 74.2 Å². The van der Waals surface area contributed by atoms with Crippen LogP contribution in [-0.2, 0) is 23.7 Å². The van der Waals surface area contributed by atoms with Gasteiger partial charge in [0.2, 0.25) is 0 Å². The first-order valence-electron chi connectivity index (χ1n) is 16.9. The van der Waals surface area contributed by atoms with Crippen molar-refractivity contribution in [3.8, 4) is 0 Å². The predicted octanol–water partition coefficient (Wildman–Crippen LogP) is 8.75. The van der Waals surface area contributed by atoms with Crippen molar-refractivity contribution in [3.05, 3.63) is 0 Å². The molecule has 0 bridgehead atoms. The lowest BCUT2D eigenvalue weighted by Crippen LogP contribution is -2.51. The molecule has 2 aliphatic heterocycles. The van der Waals surface area contributed by atoms with Gasteiger partial charge in [-0.25, -0.2) is 4.79 Å². The molecule has 2 heterocycles. The molecule has 2 aliphatic carbocycles. The maximum absolute atomic E-state index is 12.6. The SMILES string of the molecule is CCCCC1(CCC[C@H]2CCC[C@@H]2CCCCCC(OC2CCCCO2)(OC2CCCCO2)C(=O)O)CCC1. The van der Waals surface area contributed by atoms with E-state index < -0.39 is 24.3 Å². The molecule has 6 nitrogen and oxygen atoms in total. The molecule has 4 fully saturated rings. The van der Waals surface area contributed by atoms with Crippen LogP contribution >= 0.6 is 0 Å². The molecule has 4 rings (SSSR count). The van der Waals surface area contributed by atoms with E-state index in [1.165, 1.54) is 83.5 Å². The smallest absolute Gasteiger partial charge is 0.364 e. The van der Waals surface area contributed by atoms with Gasteiger partial charge in [0.15, 0.2) is 12.6 Å². The second kappa shape index (κ2) is 16.1. The molecule has 6 heteroatoms. The van der Waals surface area contributed by atoms with Gasteiger partial charge >= 0.3 is 5.97 Å². The summed E-state index contributed by atoms with van der Waals surface area (Å²) in [5.41, 5.74) is 0.705. The fourth-order valence-electron chi connectivity index (χ4n) is 7.79. The molecule has 1 N–H and O–H groups in total. The van der Waals surface area contributed by atoms with Crippen LogP contribution in [0.3, 0.4) is 0 Å². The number of hydrogen-bond acceptors (Lipinski definition) is 5. The number of carbonyl (C=O) groups is 1. The highest BCUT2D eigenvalue weighted by atomic mass is 16.8. The molecule has 4 atom stereocenters. The first-order chi connectivity index (χ1) is 19.0. The van der Waals surface area contributed by atoms with Crippen LogP contribution in [0, 0.1) is 17.3 Å². The van der Waals surface area contributed by atoms with Crippen molar-refractivity contribution in [1.82, 2.24) is 0 Å². The number of carboxylic acid groups (broad SMARTS) is 1. The number of ether oxygens (including phenoxy) is 4. The van der Waals surface area contributed by atoms with Crippen molar-refractivity contribution < 1.29 is 28.8 Å². The van der Waals surface area contributed by atoms with Crippen molar-refractivity contribution in [3.63, 3.8) is 0 Å². The van der Waals surface area contributed by atoms with Crippen LogP contribution in [-0.4, -0.2) is 42.7 Å². The van der Waals surface area contributed by atoms with Crippen LogP contribution < -0.4 is 0 Å². The third-order valence-electron chi connectivity index (χ3n) is 10.4. The highest BCUT2D eigenvalue weighted by molar-refractivity contribution is 5.75. The summed E-state index contributed by atoms with van der Waals surface area (Å²) in [5, 5.41) is 10.3. The van der Waals surface area contributed by atoms with E-state index in [4.69, 9.17) is 18.9 Å². The molecular weight excluding hydrogens is 492 g/mol. The van der Waals surface area contributed by atoms with Crippen LogP contribution in [0.15, 0.2) is 0 Å². The lowest BCUT2D eigenvalue weighted by atomic mass is 9.63. The fraction of sp³-hybridized carbons (Fsp3) is 0.970. The number of aliphatic carboxylic acids is 1. The first-order valence-corrected chi connectivity index (χ1v) is 16.9. The Morgan fingerprint density at radius 2 is 1.38 bits per heavy atom. The summed E-state index contributed by atoms with van der Waals surface area (Å²) in [6, 6.07) is 0. The zero-order valence-corrected chi connectivity index (χ0v) is 25.0. The highest BCUT2D eigenvalue weighted by Crippen LogP contribution is 2.50. The maximum atomic E-state index is 12.6. The monoisotopic (exact) mass is 550 g/mol. The minimum Gasteiger partial charge on any atom is -0.477 e. The number of rotatable bonds is 18. The van der Waals surface area contributed by atoms with Gasteiger partial charge in [-0.05, 0) is 87.9 Å². The van der Waals surface area contributed by atoms with Crippen LogP contribution in [0.25, 0.3) is 0 Å². The predicted molar refractivity (Wildman–Crippen MR) is 153 cm³/mol. The zero-order chi connectivity index (χ0) is 27.4. The normalized spacial score (nSPS) is 30.5. The third-order valence-corrected chi connectivity index (χ3v) is 10.4. The summed E-state index contributed by atoms with van der Waals surface area (Å²) in [6.45, 7) is 3.55. The molecule has 0 amide bonds. The standard InChI is InChI=1S/C33H58O6/c1-2-3-20-32(22-13-23-32)21-12-17-28-16-11-15-27(28)14-5-4-8-24-33(31(34)35,38-29-18-6-9-25-36-29)39-30-19-7-10-26-37-30/h27-30H,2-26H2,1H3,(H,34,35)/t27-,28+,29?,30?,33?/m0/s1. The Morgan fingerprint density at radius 1 is 0.769 bits per heavy atom. The quantitative estimate of drug-likeness (QED) is 0.136. The summed E-state index contributed by atoms with van der Waals surface area (Å²) < 4.78 is 23.8. The average Bonchev–Trinajstić information content (AvgIpc) is 3.37. The molecule has 0 spiro atoms. The van der Waals surface area contributed by atoms with Crippen LogP contribution in [0.2, 0.25) is 0 Å². The van der Waals surface area contributed by atoms with E-state index >= 15 is 0 Å². The van der Waals surface area contributed by atoms with Crippen molar-refractivity contribution in [2.24, 2.45) is 17.3 Å². The van der Waals surface area contributed by atoms with Crippen LogP contribution in [0.4, 0.5) is 0 Å². The maximum Gasteiger partial charge on any atom is 0.364 e. The number of hydrogen-bond donors (Lipinski definition) is 1. The lowest BCUT2D eigenvalue weighted by Gasteiger charge is -2.43. The molecule has 0 radical (unpaired) electrons. The number of unbranched alkanes of at least 4 members (excludes halogenated alkanes) is 3. The van der Waals surface area contributed by atoms with Crippen molar-refractivity contribution >= 4 is 5.97 Å². The van der Waals surface area contributed by atoms with Gasteiger partial charge in [0.05, 0.1) is 0 Å². The highest BCUT2D eigenvalue weighted by Gasteiger charge is 2.46. The minimum atomic E-state index is -1.69. The molecule has 4 aliphatic rings. The second-order valence-electron chi connectivity index (χ2n) is 13.3. The van der Waals surface area contributed by atoms with Gasteiger partial charge in [-0.2, -0.15) is 0 Å². The summed E-state index contributed by atoms with van der Waals surface area (Å²) >= 11 is 0. The molecule has 0 aromatic carbocycles. The third kappa shape index (κ3) is 9.41. The van der Waals surface area contributed by atoms with Gasteiger partial charge in [-0.15, -0.1) is 0 Å². The van der Waals surface area contributed by atoms with Crippen molar-refractivity contribution in [1.29, 1.82) is 0 Å². The van der Waals surface area contributed by atoms with Crippen molar-refractivity contribution in [2.75, 3.05) is 13.2 Å². The van der Waals surface area contributed by atoms with E-state index in [9.17, 15) is 9.90 Å². The summed E-state index contributed by atoms with van der Waals surface area (Å²) in [5.74, 6) is -0.967. The molecule has 39 heavy (non-hydrogen) atoms. The minimum absolute atomic E-state index is 0.343. The van der Waals surface area contributed by atoms with Gasteiger partial charge in [0, 0.05) is 19.6 Å². The van der Waals surface area contributed by atoms with E-state index in [1.54, 1.807) is 0 Å². The summed E-state index contributed by atoms with van der Waals surface area (Å²) in [4.78, 5) is 12.6. The Bertz CT molecular complexity index is 674. The average molecular weight is 551 g/mol. The summed E-state index contributed by atoms with van der Waals surface area (Å²) in [7, 11) is 0. The van der Waals surface area contributed by atoms with E-state index in [-0.39, 0.29) is 0 Å². The molecule has 2 saturated carbocycles. The first kappa shape index (κ1) is 31.3. The largest absolute Gasteiger partial charge is 0.477 e. The Kier molecular flexibility index (Phi) is 12.9. The Balaban J connectivity index is 1.21. The van der Waals surface area contributed by atoms with Crippen molar-refractivity contribution in [2.45, 2.75) is 173 Å². The lowest BCUT2D eigenvalue weighted by molar-refractivity contribution is -0.352. The number of carboxylic acids is 1. The van der Waals surface area contributed by atoms with Gasteiger partial charge in [0.25, 0.3) is 5.79 Å². The molecule has 226 valence electrons. The van der Waals surface area contributed by atoms with Gasteiger partial charge in [0.1, 0.15) is 0 Å². The molecule has 2 saturated heterocycles. The fourth-order valence-corrected chi connectivity index (χ4v) is 7.79. The van der Waals surface area contributed by atoms with E-state index in [0.29, 0.717) is 37.9 Å². The van der Waals surface area contributed by atoms with Crippen LogP contribution in [0.5, 0.6) is 0 Å². The Labute approximate surface area is 238 Å². The van der Waals surface area contributed by atoms with Crippen LogP contribution in [0.1, 0.15) is 155 Å². The molecule has 2 unspecified atom stereocenters. The molecule has 0 aromatic heterocycles. The van der Waals surface area contributed by atoms with E-state index in [2.05, 4.69) is 6.92 Å².